The summed E-state index contributed by atoms with van der Waals surface area (Å²) in [4.78, 5) is 30.9. The lowest BCUT2D eigenvalue weighted by Crippen LogP contribution is -2.15. The van der Waals surface area contributed by atoms with Crippen molar-refractivity contribution < 1.29 is 14.3 Å². The smallest absolute Gasteiger partial charge is 0.342 e. The van der Waals surface area contributed by atoms with E-state index in [4.69, 9.17) is 4.74 Å². The van der Waals surface area contributed by atoms with E-state index in [1.165, 1.54) is 6.20 Å². The zero-order valence-electron chi connectivity index (χ0n) is 11.6. The van der Waals surface area contributed by atoms with Gasteiger partial charge >= 0.3 is 5.97 Å². The minimum Gasteiger partial charge on any atom is -0.462 e. The summed E-state index contributed by atoms with van der Waals surface area (Å²) < 4.78 is 5.68. The number of aromatic nitrogens is 2. The molecule has 0 aromatic carbocycles. The maximum atomic E-state index is 12.2. The number of aryl methyl sites for hydroxylation is 1. The minimum absolute atomic E-state index is 0.270. The number of hydrogen-bond donors (Lipinski definition) is 2. The minimum atomic E-state index is -0.473. The molecule has 6 nitrogen and oxygen atoms in total. The molecule has 0 bridgehead atoms. The fourth-order valence-corrected chi connectivity index (χ4v) is 2.19. The summed E-state index contributed by atoms with van der Waals surface area (Å²) in [6, 6.07) is 1.64. The van der Waals surface area contributed by atoms with Crippen molar-refractivity contribution in [3.8, 4) is 0 Å². The predicted octanol–water partition coefficient (Wildman–Crippen LogP) is 2.91. The van der Waals surface area contributed by atoms with E-state index in [1.807, 2.05) is 0 Å². The molecular weight excluding hydrogens is 338 g/mol. The van der Waals surface area contributed by atoms with Crippen LogP contribution in [0.1, 0.15) is 33.3 Å². The van der Waals surface area contributed by atoms with Gasteiger partial charge in [0.2, 0.25) is 0 Å². The van der Waals surface area contributed by atoms with Crippen molar-refractivity contribution in [2.24, 2.45) is 0 Å². The van der Waals surface area contributed by atoms with Gasteiger partial charge in [0.15, 0.2) is 0 Å². The van der Waals surface area contributed by atoms with Crippen molar-refractivity contribution in [3.05, 3.63) is 46.0 Å². The van der Waals surface area contributed by atoms with Crippen LogP contribution in [-0.4, -0.2) is 28.5 Å². The Morgan fingerprint density at radius 2 is 2.19 bits per heavy atom. The SMILES string of the molecule is CCOC(=O)c1c(NC(=O)c2cncc(Br)c2)c[nH]c1C. The van der Waals surface area contributed by atoms with E-state index < -0.39 is 5.97 Å². The van der Waals surface area contributed by atoms with Gasteiger partial charge in [0.1, 0.15) is 5.56 Å². The van der Waals surface area contributed by atoms with Crippen LogP contribution in [0.25, 0.3) is 0 Å². The zero-order chi connectivity index (χ0) is 15.4. The van der Waals surface area contributed by atoms with Gasteiger partial charge < -0.3 is 15.0 Å². The van der Waals surface area contributed by atoms with Gasteiger partial charge in [-0.05, 0) is 35.8 Å². The monoisotopic (exact) mass is 351 g/mol. The Kier molecular flexibility index (Phi) is 4.74. The second kappa shape index (κ2) is 6.53. The molecule has 0 atom stereocenters. The molecular formula is C14H14BrN3O3. The van der Waals surface area contributed by atoms with Crippen LogP contribution >= 0.6 is 15.9 Å². The molecule has 0 saturated heterocycles. The molecule has 0 spiro atoms. The number of hydrogen-bond acceptors (Lipinski definition) is 4. The Morgan fingerprint density at radius 3 is 2.86 bits per heavy atom. The second-order valence-corrected chi connectivity index (χ2v) is 5.18. The quantitative estimate of drug-likeness (QED) is 0.829. The van der Waals surface area contributed by atoms with Gasteiger partial charge in [0, 0.05) is 28.8 Å². The highest BCUT2D eigenvalue weighted by molar-refractivity contribution is 9.10. The Morgan fingerprint density at radius 1 is 1.43 bits per heavy atom. The van der Waals surface area contributed by atoms with Gasteiger partial charge in [-0.25, -0.2) is 4.79 Å². The Balaban J connectivity index is 2.24. The molecule has 0 unspecified atom stereocenters. The van der Waals surface area contributed by atoms with Gasteiger partial charge in [-0.2, -0.15) is 0 Å². The van der Waals surface area contributed by atoms with Crippen LogP contribution < -0.4 is 5.32 Å². The Bertz CT molecular complexity index is 682. The molecule has 1 amide bonds. The van der Waals surface area contributed by atoms with E-state index >= 15 is 0 Å². The van der Waals surface area contributed by atoms with E-state index in [-0.39, 0.29) is 12.5 Å². The number of ether oxygens (including phenoxy) is 1. The highest BCUT2D eigenvalue weighted by Crippen LogP contribution is 2.21. The largest absolute Gasteiger partial charge is 0.462 e. The highest BCUT2D eigenvalue weighted by atomic mass is 79.9. The number of nitrogens with one attached hydrogen (secondary N) is 2. The van der Waals surface area contributed by atoms with E-state index in [9.17, 15) is 9.59 Å². The summed E-state index contributed by atoms with van der Waals surface area (Å²) in [5.74, 6) is -0.827. The molecule has 0 radical (unpaired) electrons. The van der Waals surface area contributed by atoms with Crippen LogP contribution in [0.2, 0.25) is 0 Å². The summed E-state index contributed by atoms with van der Waals surface area (Å²) in [7, 11) is 0. The number of amides is 1. The van der Waals surface area contributed by atoms with E-state index in [0.29, 0.717) is 27.0 Å². The van der Waals surface area contributed by atoms with E-state index in [2.05, 4.69) is 31.2 Å². The number of halogens is 1. The van der Waals surface area contributed by atoms with Gasteiger partial charge in [0.25, 0.3) is 5.91 Å². The molecule has 2 N–H and O–H groups in total. The molecule has 0 aliphatic heterocycles. The molecule has 2 heterocycles. The van der Waals surface area contributed by atoms with Crippen LogP contribution in [-0.2, 0) is 4.74 Å². The van der Waals surface area contributed by atoms with Gasteiger partial charge in [-0.15, -0.1) is 0 Å². The molecule has 110 valence electrons. The number of aromatic amines is 1. The maximum absolute atomic E-state index is 12.2. The molecule has 2 aromatic rings. The number of nitrogens with zero attached hydrogens (tertiary/aromatic N) is 1. The van der Waals surface area contributed by atoms with Crippen LogP contribution in [0, 0.1) is 6.92 Å². The van der Waals surface area contributed by atoms with Gasteiger partial charge in [-0.1, -0.05) is 0 Å². The normalized spacial score (nSPS) is 10.2. The average molecular weight is 352 g/mol. The van der Waals surface area contributed by atoms with E-state index in [1.54, 1.807) is 32.3 Å². The zero-order valence-corrected chi connectivity index (χ0v) is 13.2. The summed E-state index contributed by atoms with van der Waals surface area (Å²) in [5.41, 5.74) is 1.73. The second-order valence-electron chi connectivity index (χ2n) is 4.27. The number of rotatable bonds is 4. The van der Waals surface area contributed by atoms with E-state index in [0.717, 1.165) is 0 Å². The first-order valence-electron chi connectivity index (χ1n) is 6.30. The molecule has 2 rings (SSSR count). The van der Waals surface area contributed by atoms with Gasteiger partial charge in [0.05, 0.1) is 17.9 Å². The molecule has 7 heteroatoms. The third kappa shape index (κ3) is 3.49. The van der Waals surface area contributed by atoms with Crippen molar-refractivity contribution in [2.75, 3.05) is 11.9 Å². The van der Waals surface area contributed by atoms with Crippen molar-refractivity contribution in [1.29, 1.82) is 0 Å². The summed E-state index contributed by atoms with van der Waals surface area (Å²) in [6.45, 7) is 3.74. The van der Waals surface area contributed by atoms with Crippen LogP contribution in [0.4, 0.5) is 5.69 Å². The van der Waals surface area contributed by atoms with Crippen molar-refractivity contribution in [3.63, 3.8) is 0 Å². The highest BCUT2D eigenvalue weighted by Gasteiger charge is 2.19. The number of carbonyl (C=O) groups is 2. The maximum Gasteiger partial charge on any atom is 0.342 e. The average Bonchev–Trinajstić information content (AvgIpc) is 2.80. The molecule has 0 aliphatic carbocycles. The standard InChI is InChI=1S/C14H14BrN3O3/c1-3-21-14(20)12-8(2)17-7-11(12)18-13(19)9-4-10(15)6-16-5-9/h4-7,17H,3H2,1-2H3,(H,18,19). The lowest BCUT2D eigenvalue weighted by Gasteiger charge is -2.07. The van der Waals surface area contributed by atoms with Crippen LogP contribution in [0.3, 0.4) is 0 Å². The molecule has 0 fully saturated rings. The Hall–Kier alpha value is -2.15. The predicted molar refractivity (Wildman–Crippen MR) is 81.4 cm³/mol. The van der Waals surface area contributed by atoms with Crippen LogP contribution in [0.15, 0.2) is 29.1 Å². The van der Waals surface area contributed by atoms with Crippen molar-refractivity contribution in [2.45, 2.75) is 13.8 Å². The lowest BCUT2D eigenvalue weighted by molar-refractivity contribution is 0.0527. The molecule has 2 aromatic heterocycles. The fraction of sp³-hybridized carbons (Fsp3) is 0.214. The first-order chi connectivity index (χ1) is 10.0. The van der Waals surface area contributed by atoms with Crippen molar-refractivity contribution in [1.82, 2.24) is 9.97 Å². The first kappa shape index (κ1) is 15.2. The number of anilines is 1. The number of H-pyrrole nitrogens is 1. The first-order valence-corrected chi connectivity index (χ1v) is 7.09. The molecule has 21 heavy (non-hydrogen) atoms. The summed E-state index contributed by atoms with van der Waals surface area (Å²) in [6.07, 6.45) is 4.59. The van der Waals surface area contributed by atoms with Gasteiger partial charge in [-0.3, -0.25) is 9.78 Å². The summed E-state index contributed by atoms with van der Waals surface area (Å²) in [5, 5.41) is 2.68. The third-order valence-corrected chi connectivity index (χ3v) is 3.21. The number of pyridine rings is 1. The Labute approximate surface area is 130 Å². The molecule has 0 aliphatic rings. The van der Waals surface area contributed by atoms with Crippen molar-refractivity contribution >= 4 is 33.5 Å². The number of esters is 1. The summed E-state index contributed by atoms with van der Waals surface area (Å²) >= 11 is 3.26. The number of carbonyl (C=O) groups excluding carboxylic acids is 2. The fourth-order valence-electron chi connectivity index (χ4n) is 1.82. The molecule has 0 saturated carbocycles. The van der Waals surface area contributed by atoms with Crippen LogP contribution in [0.5, 0.6) is 0 Å². The topological polar surface area (TPSA) is 84.1 Å². The lowest BCUT2D eigenvalue weighted by atomic mass is 10.2. The third-order valence-electron chi connectivity index (χ3n) is 2.77.